The highest BCUT2D eigenvalue weighted by molar-refractivity contribution is 5.97. The number of carbonyl (C=O) groups is 2. The summed E-state index contributed by atoms with van der Waals surface area (Å²) in [6.45, 7) is 5.81. The second-order valence-corrected chi connectivity index (χ2v) is 9.93. The lowest BCUT2D eigenvalue weighted by atomic mass is 9.96. The van der Waals surface area contributed by atoms with E-state index < -0.39 is 0 Å². The molecule has 3 heterocycles. The van der Waals surface area contributed by atoms with Crippen LogP contribution in [-0.4, -0.2) is 83.8 Å². The molecule has 1 saturated heterocycles. The summed E-state index contributed by atoms with van der Waals surface area (Å²) in [5.74, 6) is 0.139. The minimum atomic E-state index is -0.336. The average Bonchev–Trinajstić information content (AvgIpc) is 3.40. The first-order valence-electron chi connectivity index (χ1n) is 12.5. The van der Waals surface area contributed by atoms with Crippen molar-refractivity contribution in [2.75, 3.05) is 40.0 Å². The maximum Gasteiger partial charge on any atom is 0.259 e. The van der Waals surface area contributed by atoms with Crippen LogP contribution in [0.4, 0.5) is 0 Å². The van der Waals surface area contributed by atoms with Gasteiger partial charge in [0, 0.05) is 44.8 Å². The Bertz CT molecular complexity index is 927. The van der Waals surface area contributed by atoms with Gasteiger partial charge in [0.15, 0.2) is 0 Å². The Balaban J connectivity index is 1.61. The van der Waals surface area contributed by atoms with Gasteiger partial charge in [-0.15, -0.1) is 0 Å². The molecule has 0 saturated carbocycles. The number of likely N-dealkylation sites (N-methyl/N-ethyl adjacent to an activating group) is 1. The van der Waals surface area contributed by atoms with E-state index in [4.69, 9.17) is 9.47 Å². The Morgan fingerprint density at radius 1 is 1.35 bits per heavy atom. The normalized spacial score (nSPS) is 24.5. The van der Waals surface area contributed by atoms with Crippen LogP contribution < -0.4 is 4.74 Å². The van der Waals surface area contributed by atoms with Crippen LogP contribution in [-0.2, 0) is 9.53 Å². The van der Waals surface area contributed by atoms with E-state index in [1.54, 1.807) is 16.0 Å². The predicted octanol–water partition coefficient (Wildman–Crippen LogP) is 2.75. The highest BCUT2D eigenvalue weighted by Crippen LogP contribution is 2.32. The second kappa shape index (κ2) is 10.9. The molecule has 8 heteroatoms. The third kappa shape index (κ3) is 5.28. The number of amides is 2. The molecular weight excluding hydrogens is 434 g/mol. The second-order valence-electron chi connectivity index (χ2n) is 9.93. The Hall–Kier alpha value is -2.45. The van der Waals surface area contributed by atoms with Crippen molar-refractivity contribution in [1.29, 1.82) is 0 Å². The number of nitrogens with zero attached hydrogens (tertiary/aromatic N) is 3. The summed E-state index contributed by atoms with van der Waals surface area (Å²) in [6.07, 6.45) is 8.25. The number of fused-ring (bicyclic) bond motifs is 1. The molecule has 4 rings (SSSR count). The van der Waals surface area contributed by atoms with Gasteiger partial charge in [0.2, 0.25) is 11.8 Å². The molecule has 1 aromatic heterocycles. The average molecular weight is 472 g/mol. The van der Waals surface area contributed by atoms with Crippen LogP contribution >= 0.6 is 0 Å². The van der Waals surface area contributed by atoms with Gasteiger partial charge >= 0.3 is 0 Å². The van der Waals surface area contributed by atoms with Crippen molar-refractivity contribution in [3.05, 3.63) is 29.5 Å². The highest BCUT2D eigenvalue weighted by Gasteiger charge is 2.35. The number of aliphatic hydroxyl groups is 1. The van der Waals surface area contributed by atoms with Gasteiger partial charge in [-0.1, -0.05) is 13.0 Å². The van der Waals surface area contributed by atoms with E-state index in [0.29, 0.717) is 37.7 Å². The summed E-state index contributed by atoms with van der Waals surface area (Å²) >= 11 is 0. The topological polar surface area (TPSA) is 92.2 Å². The summed E-state index contributed by atoms with van der Waals surface area (Å²) in [7, 11) is 1.82. The van der Waals surface area contributed by atoms with Gasteiger partial charge in [0.05, 0.1) is 19.2 Å². The van der Waals surface area contributed by atoms with Crippen molar-refractivity contribution in [1.82, 2.24) is 14.8 Å². The van der Waals surface area contributed by atoms with E-state index >= 15 is 0 Å². The van der Waals surface area contributed by atoms with E-state index in [0.717, 1.165) is 37.7 Å². The molecule has 0 spiro atoms. The minimum absolute atomic E-state index is 0.0252. The van der Waals surface area contributed by atoms with Gasteiger partial charge in [-0.05, 0) is 56.2 Å². The smallest absolute Gasteiger partial charge is 0.259 e. The van der Waals surface area contributed by atoms with E-state index in [2.05, 4.69) is 11.1 Å². The molecule has 8 nitrogen and oxygen atoms in total. The maximum absolute atomic E-state index is 13.5. The van der Waals surface area contributed by atoms with Crippen LogP contribution in [0.3, 0.4) is 0 Å². The number of hydrogen-bond acceptors (Lipinski definition) is 6. The largest absolute Gasteiger partial charge is 0.472 e. The first kappa shape index (κ1) is 24.7. The first-order chi connectivity index (χ1) is 16.4. The van der Waals surface area contributed by atoms with Gasteiger partial charge in [-0.25, -0.2) is 4.98 Å². The van der Waals surface area contributed by atoms with E-state index in [-0.39, 0.29) is 42.4 Å². The van der Waals surface area contributed by atoms with Crippen molar-refractivity contribution in [3.63, 3.8) is 0 Å². The Labute approximate surface area is 201 Å². The van der Waals surface area contributed by atoms with Crippen LogP contribution in [0.1, 0.15) is 61.9 Å². The van der Waals surface area contributed by atoms with Crippen LogP contribution in [0, 0.1) is 11.8 Å². The molecule has 1 N–H and O–H groups in total. The van der Waals surface area contributed by atoms with Crippen molar-refractivity contribution in [2.24, 2.45) is 11.8 Å². The molecule has 34 heavy (non-hydrogen) atoms. The molecule has 3 aliphatic rings. The number of hydrogen-bond donors (Lipinski definition) is 1. The van der Waals surface area contributed by atoms with Crippen molar-refractivity contribution >= 4 is 17.4 Å². The summed E-state index contributed by atoms with van der Waals surface area (Å²) in [4.78, 5) is 34.6. The molecule has 0 bridgehead atoms. The number of carbonyl (C=O) groups excluding carboxylic acids is 2. The quantitative estimate of drug-likeness (QED) is 0.686. The van der Waals surface area contributed by atoms with Gasteiger partial charge < -0.3 is 24.4 Å². The van der Waals surface area contributed by atoms with E-state index in [1.807, 2.05) is 27.0 Å². The van der Waals surface area contributed by atoms with E-state index in [9.17, 15) is 14.7 Å². The van der Waals surface area contributed by atoms with E-state index in [1.165, 1.54) is 5.57 Å². The van der Waals surface area contributed by atoms with Crippen LogP contribution in [0.15, 0.2) is 18.3 Å². The molecular formula is C26H37N3O5. The third-order valence-electron chi connectivity index (χ3n) is 7.33. The Morgan fingerprint density at radius 2 is 2.12 bits per heavy atom. The van der Waals surface area contributed by atoms with Crippen molar-refractivity contribution < 1.29 is 24.2 Å². The zero-order valence-corrected chi connectivity index (χ0v) is 20.5. The zero-order valence-electron chi connectivity index (χ0n) is 20.5. The van der Waals surface area contributed by atoms with Crippen molar-refractivity contribution in [2.45, 2.75) is 58.1 Å². The summed E-state index contributed by atoms with van der Waals surface area (Å²) in [5.41, 5.74) is 2.57. The molecule has 1 fully saturated rings. The maximum atomic E-state index is 13.5. The first-order valence-corrected chi connectivity index (χ1v) is 12.5. The van der Waals surface area contributed by atoms with Gasteiger partial charge in [0.25, 0.3) is 5.91 Å². The fourth-order valence-corrected chi connectivity index (χ4v) is 5.04. The number of allylic oxidation sites excluding steroid dienone is 2. The predicted molar refractivity (Wildman–Crippen MR) is 128 cm³/mol. The standard InChI is InChI=1S/C26H37N3O5/c1-17-14-29(18(2)16-30)26(32)22-12-21(19-6-4-5-7-19)13-27-24(22)34-23(17)15-28(3)25(31)20-8-10-33-11-9-20/h6,12-13,17-18,20,23,30H,4-5,7-11,14-16H2,1-3H3/t17-,18+,23+/m0/s1. The molecule has 3 atom stereocenters. The molecule has 186 valence electrons. The summed E-state index contributed by atoms with van der Waals surface area (Å²) in [5, 5.41) is 9.84. The molecule has 0 radical (unpaired) electrons. The van der Waals surface area contributed by atoms with Crippen molar-refractivity contribution in [3.8, 4) is 5.88 Å². The highest BCUT2D eigenvalue weighted by atomic mass is 16.5. The number of aliphatic hydroxyl groups excluding tert-OH is 1. The Kier molecular flexibility index (Phi) is 7.88. The lowest BCUT2D eigenvalue weighted by molar-refractivity contribution is -0.138. The monoisotopic (exact) mass is 471 g/mol. The minimum Gasteiger partial charge on any atom is -0.472 e. The zero-order chi connectivity index (χ0) is 24.2. The third-order valence-corrected chi connectivity index (χ3v) is 7.33. The number of ether oxygens (including phenoxy) is 2. The molecule has 0 unspecified atom stereocenters. The Morgan fingerprint density at radius 3 is 2.79 bits per heavy atom. The number of rotatable bonds is 6. The van der Waals surface area contributed by atoms with Gasteiger partial charge in [-0.3, -0.25) is 9.59 Å². The number of pyridine rings is 1. The lowest BCUT2D eigenvalue weighted by Crippen LogP contribution is -2.51. The fourth-order valence-electron chi connectivity index (χ4n) is 5.04. The molecule has 1 aliphatic carbocycles. The molecule has 0 aromatic carbocycles. The summed E-state index contributed by atoms with van der Waals surface area (Å²) < 4.78 is 11.7. The SMILES string of the molecule is C[C@H](CO)N1C[C@H](C)[C@@H](CN(C)C(=O)C2CCOCC2)Oc2ncc(C3=CCCC3)cc2C1=O. The van der Waals surface area contributed by atoms with Gasteiger partial charge in [0.1, 0.15) is 11.7 Å². The molecule has 1 aromatic rings. The number of aromatic nitrogens is 1. The van der Waals surface area contributed by atoms with Crippen LogP contribution in [0.2, 0.25) is 0 Å². The van der Waals surface area contributed by atoms with Gasteiger partial charge in [-0.2, -0.15) is 0 Å². The fraction of sp³-hybridized carbons (Fsp3) is 0.654. The molecule has 2 amide bonds. The van der Waals surface area contributed by atoms with Crippen LogP contribution in [0.5, 0.6) is 5.88 Å². The molecule has 2 aliphatic heterocycles. The summed E-state index contributed by atoms with van der Waals surface area (Å²) in [6, 6.07) is 1.54. The van der Waals surface area contributed by atoms with Crippen LogP contribution in [0.25, 0.3) is 5.57 Å². The lowest BCUT2D eigenvalue weighted by Gasteiger charge is -2.38.